The predicted octanol–water partition coefficient (Wildman–Crippen LogP) is 5.90. The Morgan fingerprint density at radius 1 is 0.955 bits per heavy atom. The minimum atomic E-state index is -2.12. The fourth-order valence-corrected chi connectivity index (χ4v) is 16.1. The SMILES string of the molecule is CCC[CH2][Sn]1([CH2]CCC)[CH]=CC(B(Br)c2ccccc2)C=[CH]1. The van der Waals surface area contributed by atoms with Crippen LogP contribution in [0, 0.1) is 0 Å². The zero-order chi connectivity index (χ0) is 15.8. The molecular weight excluding hydrogens is 438 g/mol. The van der Waals surface area contributed by atoms with Gasteiger partial charge in [0.05, 0.1) is 0 Å². The fraction of sp³-hybridized carbons (Fsp3) is 0.474. The van der Waals surface area contributed by atoms with E-state index >= 15 is 0 Å². The van der Waals surface area contributed by atoms with Crippen molar-refractivity contribution in [3.05, 3.63) is 50.7 Å². The van der Waals surface area contributed by atoms with Gasteiger partial charge in [0, 0.05) is 0 Å². The van der Waals surface area contributed by atoms with Crippen molar-refractivity contribution < 1.29 is 0 Å². The van der Waals surface area contributed by atoms with Crippen molar-refractivity contribution in [2.45, 2.75) is 54.2 Å². The second-order valence-corrected chi connectivity index (χ2v) is 19.3. The van der Waals surface area contributed by atoms with Gasteiger partial charge >= 0.3 is 150 Å². The summed E-state index contributed by atoms with van der Waals surface area (Å²) in [6.45, 7) is 4.64. The Labute approximate surface area is 149 Å². The first-order valence-corrected chi connectivity index (χ1v) is 17.0. The molecule has 0 saturated carbocycles. The van der Waals surface area contributed by atoms with Gasteiger partial charge in [0.15, 0.2) is 0 Å². The van der Waals surface area contributed by atoms with Gasteiger partial charge in [0.25, 0.3) is 0 Å². The number of hydrogen-bond donors (Lipinski definition) is 0. The van der Waals surface area contributed by atoms with Gasteiger partial charge in [-0.05, 0) is 0 Å². The number of rotatable bonds is 8. The van der Waals surface area contributed by atoms with Gasteiger partial charge < -0.3 is 0 Å². The Hall–Kier alpha value is 0.0436. The standard InChI is InChI=1S/C11H10BBr.2C4H9.Sn/c1-3-10(4-2)12(13)11-8-6-5-7-9-11;2*1-3-4-2;/h1-10H;2*1,3-4H2,2H3;. The molecule has 1 aliphatic heterocycles. The second kappa shape index (κ2) is 9.37. The summed E-state index contributed by atoms with van der Waals surface area (Å²) in [5.74, 6) is 0.510. The van der Waals surface area contributed by atoms with Crippen LogP contribution in [0.4, 0.5) is 0 Å². The molecule has 0 fully saturated rings. The molecule has 0 bridgehead atoms. The summed E-state index contributed by atoms with van der Waals surface area (Å²) in [6, 6.07) is 10.8. The molecule has 3 heteroatoms. The van der Waals surface area contributed by atoms with E-state index in [0.29, 0.717) is 11.4 Å². The third kappa shape index (κ3) is 5.02. The summed E-state index contributed by atoms with van der Waals surface area (Å²) in [7, 11) is 0. The van der Waals surface area contributed by atoms with Crippen molar-refractivity contribution in [1.82, 2.24) is 0 Å². The number of halogens is 1. The summed E-state index contributed by atoms with van der Waals surface area (Å²) in [4.78, 5) is 0. The average molecular weight is 466 g/mol. The molecule has 1 aromatic carbocycles. The van der Waals surface area contributed by atoms with Gasteiger partial charge in [-0.2, -0.15) is 0 Å². The third-order valence-corrected chi connectivity index (χ3v) is 18.1. The predicted molar refractivity (Wildman–Crippen MR) is 108 cm³/mol. The molecule has 0 N–H and O–H groups in total. The quantitative estimate of drug-likeness (QED) is 0.419. The van der Waals surface area contributed by atoms with Crippen LogP contribution in [0.1, 0.15) is 39.5 Å². The molecule has 0 unspecified atom stereocenters. The number of benzene rings is 1. The first kappa shape index (κ1) is 18.4. The third-order valence-electron chi connectivity index (χ3n) is 4.75. The fourth-order valence-electron chi connectivity index (χ4n) is 3.25. The number of hydrogen-bond acceptors (Lipinski definition) is 0. The molecule has 0 saturated heterocycles. The van der Waals surface area contributed by atoms with Crippen LogP contribution in [0.15, 0.2) is 50.7 Å². The van der Waals surface area contributed by atoms with Crippen molar-refractivity contribution in [1.29, 1.82) is 0 Å². The van der Waals surface area contributed by atoms with Crippen LogP contribution in [0.3, 0.4) is 0 Å². The molecule has 1 heterocycles. The maximum atomic E-state index is 3.91. The van der Waals surface area contributed by atoms with Crippen molar-refractivity contribution in [3.63, 3.8) is 0 Å². The first-order chi connectivity index (χ1) is 10.7. The van der Waals surface area contributed by atoms with Gasteiger partial charge in [-0.1, -0.05) is 0 Å². The monoisotopic (exact) mass is 466 g/mol. The van der Waals surface area contributed by atoms with Gasteiger partial charge in [0.2, 0.25) is 0 Å². The summed E-state index contributed by atoms with van der Waals surface area (Å²) in [5.41, 5.74) is 1.79. The van der Waals surface area contributed by atoms with Crippen LogP contribution < -0.4 is 5.46 Å². The van der Waals surface area contributed by atoms with Crippen LogP contribution >= 0.6 is 15.8 Å². The second-order valence-electron chi connectivity index (χ2n) is 6.55. The molecule has 2 rings (SSSR count). The molecule has 0 spiro atoms. The van der Waals surface area contributed by atoms with E-state index < -0.39 is 18.4 Å². The normalized spacial score (nSPS) is 16.9. The Balaban J connectivity index is 2.07. The van der Waals surface area contributed by atoms with Crippen LogP contribution in [-0.4, -0.2) is 23.9 Å². The molecule has 0 atom stereocenters. The zero-order valence-corrected chi connectivity index (χ0v) is 18.4. The number of unbranched alkanes of at least 4 members (excludes halogenated alkanes) is 2. The van der Waals surface area contributed by atoms with Crippen molar-refractivity contribution >= 4 is 45.1 Å². The number of allylic oxidation sites excluding steroid dienone is 2. The summed E-state index contributed by atoms with van der Waals surface area (Å²) in [6.07, 6.45) is 10.5. The van der Waals surface area contributed by atoms with Crippen LogP contribution in [0.25, 0.3) is 0 Å². The summed E-state index contributed by atoms with van der Waals surface area (Å²) < 4.78 is 8.43. The molecule has 1 aliphatic rings. The molecule has 118 valence electrons. The van der Waals surface area contributed by atoms with Crippen LogP contribution in [-0.2, 0) is 0 Å². The minimum absolute atomic E-state index is 0.405. The topological polar surface area (TPSA) is 0 Å². The van der Waals surface area contributed by atoms with Crippen molar-refractivity contribution in [2.75, 3.05) is 0 Å². The van der Waals surface area contributed by atoms with Gasteiger partial charge in [-0.15, -0.1) is 0 Å². The van der Waals surface area contributed by atoms with E-state index in [-0.39, 0.29) is 0 Å². The van der Waals surface area contributed by atoms with E-state index in [1.807, 2.05) is 0 Å². The van der Waals surface area contributed by atoms with Crippen LogP contribution in [0.5, 0.6) is 0 Å². The molecule has 0 aliphatic carbocycles. The molecule has 1 aromatic rings. The molecule has 0 aromatic heterocycles. The average Bonchev–Trinajstić information content (AvgIpc) is 2.59. The van der Waals surface area contributed by atoms with Crippen molar-refractivity contribution in [3.8, 4) is 0 Å². The Bertz CT molecular complexity index is 473. The van der Waals surface area contributed by atoms with Gasteiger partial charge in [-0.3, -0.25) is 0 Å². The molecule has 0 radical (unpaired) electrons. The molecule has 22 heavy (non-hydrogen) atoms. The van der Waals surface area contributed by atoms with Crippen LogP contribution in [0.2, 0.25) is 14.7 Å². The van der Waals surface area contributed by atoms with Gasteiger partial charge in [0.1, 0.15) is 0 Å². The maximum absolute atomic E-state index is 3.91. The van der Waals surface area contributed by atoms with E-state index in [1.165, 1.54) is 40.0 Å². The Morgan fingerprint density at radius 3 is 2.00 bits per heavy atom. The Kier molecular flexibility index (Phi) is 7.83. The summed E-state index contributed by atoms with van der Waals surface area (Å²) in [5, 5.41) is 0. The van der Waals surface area contributed by atoms with E-state index in [1.54, 1.807) is 0 Å². The molecular formula is C19H28BBrSn. The first-order valence-electron chi connectivity index (χ1n) is 8.78. The van der Waals surface area contributed by atoms with E-state index in [9.17, 15) is 0 Å². The van der Waals surface area contributed by atoms with E-state index in [0.717, 1.165) is 0 Å². The van der Waals surface area contributed by atoms with Gasteiger partial charge in [-0.25, -0.2) is 0 Å². The zero-order valence-electron chi connectivity index (χ0n) is 14.0. The van der Waals surface area contributed by atoms with E-state index in [2.05, 4.69) is 80.3 Å². The summed E-state index contributed by atoms with van der Waals surface area (Å²) >= 11 is 1.79. The van der Waals surface area contributed by atoms with E-state index in [4.69, 9.17) is 0 Å². The van der Waals surface area contributed by atoms with Crippen molar-refractivity contribution in [2.24, 2.45) is 0 Å². The Morgan fingerprint density at radius 2 is 1.50 bits per heavy atom. The molecule has 0 amide bonds. The molecule has 0 nitrogen and oxygen atoms in total.